The molecule has 0 aliphatic rings. The molecule has 8 nitrogen and oxygen atoms in total. The molecule has 0 fully saturated rings. The maximum absolute atomic E-state index is 11.6. The summed E-state index contributed by atoms with van der Waals surface area (Å²) in [6.07, 6.45) is 0. The average molecular weight is 304 g/mol. The SMILES string of the molecule is CC(=O)NC(C)C(=O)Nc1nnc(SCC(=O)O)s1. The summed E-state index contributed by atoms with van der Waals surface area (Å²) in [5, 5.41) is 21.1. The lowest BCUT2D eigenvalue weighted by molar-refractivity contribution is -0.134. The topological polar surface area (TPSA) is 121 Å². The summed E-state index contributed by atoms with van der Waals surface area (Å²) in [5.74, 6) is -1.80. The van der Waals surface area contributed by atoms with Crippen molar-refractivity contribution in [2.75, 3.05) is 11.1 Å². The minimum absolute atomic E-state index is 0.120. The summed E-state index contributed by atoms with van der Waals surface area (Å²) in [4.78, 5) is 32.8. The van der Waals surface area contributed by atoms with E-state index in [-0.39, 0.29) is 16.8 Å². The van der Waals surface area contributed by atoms with Crippen LogP contribution >= 0.6 is 23.1 Å². The second-order valence-corrected chi connectivity index (χ2v) is 5.67. The highest BCUT2D eigenvalue weighted by Gasteiger charge is 2.16. The van der Waals surface area contributed by atoms with E-state index >= 15 is 0 Å². The number of hydrogen-bond acceptors (Lipinski definition) is 7. The zero-order valence-electron chi connectivity index (χ0n) is 10.2. The molecule has 3 N–H and O–H groups in total. The standard InChI is InChI=1S/C9H12N4O4S2/c1-4(10-5(2)14)7(17)11-8-12-13-9(19-8)18-3-6(15)16/h4H,3H2,1-2H3,(H,10,14)(H,15,16)(H,11,12,17). The number of rotatable bonds is 6. The molecule has 0 aromatic carbocycles. The Labute approximate surface area is 117 Å². The molecular weight excluding hydrogens is 292 g/mol. The van der Waals surface area contributed by atoms with Gasteiger partial charge in [0.1, 0.15) is 6.04 Å². The molecule has 10 heteroatoms. The van der Waals surface area contributed by atoms with Crippen molar-refractivity contribution < 1.29 is 19.5 Å². The number of carbonyl (C=O) groups excluding carboxylic acids is 2. The van der Waals surface area contributed by atoms with E-state index in [9.17, 15) is 14.4 Å². The van der Waals surface area contributed by atoms with Gasteiger partial charge in [0.05, 0.1) is 5.75 Å². The van der Waals surface area contributed by atoms with Gasteiger partial charge in [-0.25, -0.2) is 0 Å². The highest BCUT2D eigenvalue weighted by molar-refractivity contribution is 8.01. The second-order valence-electron chi connectivity index (χ2n) is 3.47. The van der Waals surface area contributed by atoms with Crippen molar-refractivity contribution >= 4 is 46.0 Å². The summed E-state index contributed by atoms with van der Waals surface area (Å²) in [6.45, 7) is 2.85. The minimum atomic E-state index is -0.954. The Balaban J connectivity index is 2.51. The Morgan fingerprint density at radius 1 is 1.42 bits per heavy atom. The fraction of sp³-hybridized carbons (Fsp3) is 0.444. The Morgan fingerprint density at radius 3 is 2.68 bits per heavy atom. The molecule has 2 amide bonds. The first-order valence-electron chi connectivity index (χ1n) is 5.14. The van der Waals surface area contributed by atoms with E-state index in [1.165, 1.54) is 13.8 Å². The summed E-state index contributed by atoms with van der Waals surface area (Å²) in [5.41, 5.74) is 0. The van der Waals surface area contributed by atoms with Gasteiger partial charge in [-0.1, -0.05) is 23.1 Å². The van der Waals surface area contributed by atoms with E-state index in [1.807, 2.05) is 0 Å². The number of anilines is 1. The molecular formula is C9H12N4O4S2. The molecule has 19 heavy (non-hydrogen) atoms. The predicted octanol–water partition coefficient (Wildman–Crippen LogP) is 0.178. The number of amides is 2. The smallest absolute Gasteiger partial charge is 0.313 e. The van der Waals surface area contributed by atoms with Crippen LogP contribution in [0, 0.1) is 0 Å². The number of aliphatic carboxylic acids is 1. The molecule has 1 aromatic rings. The molecule has 0 aliphatic heterocycles. The average Bonchev–Trinajstić information content (AvgIpc) is 2.73. The molecule has 0 radical (unpaired) electrons. The molecule has 0 saturated heterocycles. The molecule has 0 bridgehead atoms. The van der Waals surface area contributed by atoms with Crippen molar-refractivity contribution in [1.29, 1.82) is 0 Å². The number of thioether (sulfide) groups is 1. The van der Waals surface area contributed by atoms with Crippen molar-refractivity contribution in [3.8, 4) is 0 Å². The first kappa shape index (κ1) is 15.4. The molecule has 0 spiro atoms. The van der Waals surface area contributed by atoms with Gasteiger partial charge in [0.2, 0.25) is 16.9 Å². The van der Waals surface area contributed by atoms with E-state index < -0.39 is 17.9 Å². The van der Waals surface area contributed by atoms with E-state index in [1.54, 1.807) is 0 Å². The van der Waals surface area contributed by atoms with Crippen LogP contribution in [-0.4, -0.2) is 44.9 Å². The maximum Gasteiger partial charge on any atom is 0.313 e. The van der Waals surface area contributed by atoms with Gasteiger partial charge in [0.15, 0.2) is 4.34 Å². The number of carbonyl (C=O) groups is 3. The number of hydrogen-bond donors (Lipinski definition) is 3. The zero-order chi connectivity index (χ0) is 14.4. The lowest BCUT2D eigenvalue weighted by Crippen LogP contribution is -2.40. The number of carboxylic acids is 1. The van der Waals surface area contributed by atoms with Gasteiger partial charge in [0.25, 0.3) is 0 Å². The van der Waals surface area contributed by atoms with Crippen molar-refractivity contribution in [3.63, 3.8) is 0 Å². The normalized spacial score (nSPS) is 11.7. The monoisotopic (exact) mass is 304 g/mol. The molecule has 1 aromatic heterocycles. The van der Waals surface area contributed by atoms with Gasteiger partial charge in [-0.2, -0.15) is 0 Å². The minimum Gasteiger partial charge on any atom is -0.481 e. The van der Waals surface area contributed by atoms with E-state index in [4.69, 9.17) is 5.11 Å². The zero-order valence-corrected chi connectivity index (χ0v) is 11.8. The fourth-order valence-corrected chi connectivity index (χ4v) is 2.50. The summed E-state index contributed by atoms with van der Waals surface area (Å²) < 4.78 is 0.449. The molecule has 0 aliphatic carbocycles. The maximum atomic E-state index is 11.6. The van der Waals surface area contributed by atoms with Crippen molar-refractivity contribution in [2.45, 2.75) is 24.2 Å². The Hall–Kier alpha value is -1.68. The van der Waals surface area contributed by atoms with Crippen LogP contribution in [0.2, 0.25) is 0 Å². The summed E-state index contributed by atoms with van der Waals surface area (Å²) >= 11 is 2.09. The molecule has 1 rings (SSSR count). The molecule has 0 saturated carbocycles. The van der Waals surface area contributed by atoms with Crippen LogP contribution in [0.1, 0.15) is 13.8 Å². The van der Waals surface area contributed by atoms with Crippen LogP contribution < -0.4 is 10.6 Å². The molecule has 1 heterocycles. The van der Waals surface area contributed by atoms with Gasteiger partial charge < -0.3 is 10.4 Å². The molecule has 104 valence electrons. The van der Waals surface area contributed by atoms with Crippen molar-refractivity contribution in [1.82, 2.24) is 15.5 Å². The quantitative estimate of drug-likeness (QED) is 0.506. The lowest BCUT2D eigenvalue weighted by atomic mass is 10.3. The molecule has 1 atom stereocenters. The van der Waals surface area contributed by atoms with E-state index in [2.05, 4.69) is 20.8 Å². The number of nitrogens with one attached hydrogen (secondary N) is 2. The van der Waals surface area contributed by atoms with Gasteiger partial charge in [-0.3, -0.25) is 19.7 Å². The highest BCUT2D eigenvalue weighted by atomic mass is 32.2. The van der Waals surface area contributed by atoms with Crippen LogP contribution in [0.25, 0.3) is 0 Å². The third-order valence-electron chi connectivity index (χ3n) is 1.77. The van der Waals surface area contributed by atoms with Crippen LogP contribution in [0.15, 0.2) is 4.34 Å². The number of carboxylic acid groups (broad SMARTS) is 1. The van der Waals surface area contributed by atoms with Crippen LogP contribution in [0.3, 0.4) is 0 Å². The summed E-state index contributed by atoms with van der Waals surface area (Å²) in [7, 11) is 0. The Morgan fingerprint density at radius 2 is 2.11 bits per heavy atom. The van der Waals surface area contributed by atoms with Gasteiger partial charge in [-0.15, -0.1) is 10.2 Å². The highest BCUT2D eigenvalue weighted by Crippen LogP contribution is 2.25. The Bertz CT molecular complexity index is 490. The van der Waals surface area contributed by atoms with Crippen molar-refractivity contribution in [2.24, 2.45) is 0 Å². The number of nitrogens with zero attached hydrogens (tertiary/aromatic N) is 2. The first-order chi connectivity index (χ1) is 8.88. The van der Waals surface area contributed by atoms with Gasteiger partial charge in [0, 0.05) is 6.92 Å². The summed E-state index contributed by atoms with van der Waals surface area (Å²) in [6, 6.07) is -0.684. The van der Waals surface area contributed by atoms with E-state index in [0.29, 0.717) is 4.34 Å². The predicted molar refractivity (Wildman–Crippen MR) is 70.2 cm³/mol. The van der Waals surface area contributed by atoms with E-state index in [0.717, 1.165) is 23.1 Å². The van der Waals surface area contributed by atoms with Crippen LogP contribution in [-0.2, 0) is 14.4 Å². The van der Waals surface area contributed by atoms with Crippen LogP contribution in [0.5, 0.6) is 0 Å². The second kappa shape index (κ2) is 7.04. The first-order valence-corrected chi connectivity index (χ1v) is 6.94. The van der Waals surface area contributed by atoms with Gasteiger partial charge in [-0.05, 0) is 6.92 Å². The fourth-order valence-electron chi connectivity index (χ4n) is 1.03. The Kier molecular flexibility index (Phi) is 5.70. The number of aromatic nitrogens is 2. The third kappa shape index (κ3) is 5.66. The van der Waals surface area contributed by atoms with Crippen molar-refractivity contribution in [3.05, 3.63) is 0 Å². The third-order valence-corrected chi connectivity index (χ3v) is 3.73. The largest absolute Gasteiger partial charge is 0.481 e. The lowest BCUT2D eigenvalue weighted by Gasteiger charge is -2.10. The van der Waals surface area contributed by atoms with Crippen LogP contribution in [0.4, 0.5) is 5.13 Å². The molecule has 1 unspecified atom stereocenters. The van der Waals surface area contributed by atoms with Gasteiger partial charge >= 0.3 is 5.97 Å².